The second kappa shape index (κ2) is 6.61. The molecule has 0 radical (unpaired) electrons. The first kappa shape index (κ1) is 16.5. The van der Waals surface area contributed by atoms with Gasteiger partial charge in [0.1, 0.15) is 0 Å². The molecule has 1 aromatic heterocycles. The van der Waals surface area contributed by atoms with Crippen molar-refractivity contribution in [2.24, 2.45) is 7.05 Å². The normalized spacial score (nSPS) is 21.0. The zero-order valence-corrected chi connectivity index (χ0v) is 14.8. The maximum absolute atomic E-state index is 12.5. The van der Waals surface area contributed by atoms with Crippen LogP contribution in [0.5, 0.6) is 0 Å². The lowest BCUT2D eigenvalue weighted by atomic mass is 9.98. The van der Waals surface area contributed by atoms with E-state index in [1.54, 1.807) is 4.68 Å². The van der Waals surface area contributed by atoms with Gasteiger partial charge in [-0.2, -0.15) is 5.10 Å². The van der Waals surface area contributed by atoms with Crippen molar-refractivity contribution < 1.29 is 4.79 Å². The summed E-state index contributed by atoms with van der Waals surface area (Å²) >= 11 is 0. The zero-order chi connectivity index (χ0) is 16.6. The van der Waals surface area contributed by atoms with Crippen molar-refractivity contribution in [3.05, 3.63) is 17.5 Å². The smallest absolute Gasteiger partial charge is 0.274 e. The second-order valence-electron chi connectivity index (χ2n) is 7.02. The van der Waals surface area contributed by atoms with Crippen molar-refractivity contribution in [2.45, 2.75) is 38.8 Å². The van der Waals surface area contributed by atoms with E-state index in [-0.39, 0.29) is 5.91 Å². The Morgan fingerprint density at radius 3 is 2.43 bits per heavy atom. The number of rotatable bonds is 4. The fourth-order valence-electron chi connectivity index (χ4n) is 3.80. The van der Waals surface area contributed by atoms with E-state index in [1.807, 2.05) is 24.9 Å². The lowest BCUT2D eigenvalue weighted by molar-refractivity contribution is -0.000314. The lowest BCUT2D eigenvalue weighted by Gasteiger charge is -2.49. The van der Waals surface area contributed by atoms with Crippen LogP contribution < -0.4 is 0 Å². The summed E-state index contributed by atoms with van der Waals surface area (Å²) in [6, 6.07) is 3.07. The van der Waals surface area contributed by atoms with Gasteiger partial charge in [-0.25, -0.2) is 0 Å². The highest BCUT2D eigenvalue weighted by atomic mass is 16.2. The first-order chi connectivity index (χ1) is 11.0. The van der Waals surface area contributed by atoms with Gasteiger partial charge in [0.2, 0.25) is 0 Å². The van der Waals surface area contributed by atoms with E-state index in [0.717, 1.165) is 25.3 Å². The summed E-state index contributed by atoms with van der Waals surface area (Å²) in [5, 5.41) is 4.31. The second-order valence-corrected chi connectivity index (χ2v) is 7.02. The molecule has 0 spiro atoms. The highest BCUT2D eigenvalue weighted by Gasteiger charge is 2.38. The standard InChI is InChI=1S/C17H29N5O/c1-5-22(14-6-8-19(3)9-7-14)15-11-21(12-15)17(23)16-10-13(2)20(4)18-16/h10,14-15H,5-9,11-12H2,1-4H3. The molecule has 0 unspecified atom stereocenters. The number of carbonyl (C=O) groups is 1. The summed E-state index contributed by atoms with van der Waals surface area (Å²) < 4.78 is 1.77. The number of hydrogen-bond donors (Lipinski definition) is 0. The fourth-order valence-corrected chi connectivity index (χ4v) is 3.80. The summed E-state index contributed by atoms with van der Waals surface area (Å²) in [6.45, 7) is 9.34. The van der Waals surface area contributed by atoms with Gasteiger partial charge >= 0.3 is 0 Å². The average molecular weight is 319 g/mol. The van der Waals surface area contributed by atoms with Crippen molar-refractivity contribution in [3.63, 3.8) is 0 Å². The van der Waals surface area contributed by atoms with Gasteiger partial charge in [0.25, 0.3) is 5.91 Å². The Morgan fingerprint density at radius 2 is 1.91 bits per heavy atom. The molecule has 3 heterocycles. The van der Waals surface area contributed by atoms with Crippen LogP contribution in [-0.4, -0.2) is 82.2 Å². The molecule has 0 saturated carbocycles. The summed E-state index contributed by atoms with van der Waals surface area (Å²) in [5.41, 5.74) is 1.60. The predicted octanol–water partition coefficient (Wildman–Crippen LogP) is 0.969. The van der Waals surface area contributed by atoms with Crippen LogP contribution in [0.25, 0.3) is 0 Å². The van der Waals surface area contributed by atoms with E-state index in [1.165, 1.54) is 25.9 Å². The van der Waals surface area contributed by atoms with Crippen molar-refractivity contribution in [2.75, 3.05) is 39.8 Å². The number of likely N-dealkylation sites (N-methyl/N-ethyl adjacent to an activating group) is 1. The summed E-state index contributed by atoms with van der Waals surface area (Å²) in [5.74, 6) is 0.0735. The molecule has 0 bridgehead atoms. The highest BCUT2D eigenvalue weighted by Crippen LogP contribution is 2.24. The zero-order valence-electron chi connectivity index (χ0n) is 14.8. The molecule has 0 aromatic carbocycles. The topological polar surface area (TPSA) is 44.6 Å². The van der Waals surface area contributed by atoms with Crippen LogP contribution in [0.4, 0.5) is 0 Å². The van der Waals surface area contributed by atoms with E-state index in [0.29, 0.717) is 17.8 Å². The Kier molecular flexibility index (Phi) is 4.73. The molecule has 0 N–H and O–H groups in total. The minimum absolute atomic E-state index is 0.0735. The number of nitrogens with zero attached hydrogens (tertiary/aromatic N) is 5. The lowest BCUT2D eigenvalue weighted by Crippen LogP contribution is -2.63. The Labute approximate surface area is 139 Å². The van der Waals surface area contributed by atoms with Crippen molar-refractivity contribution >= 4 is 5.91 Å². The number of carbonyl (C=O) groups excluding carboxylic acids is 1. The minimum Gasteiger partial charge on any atom is -0.334 e. The van der Waals surface area contributed by atoms with Crippen molar-refractivity contribution in [1.29, 1.82) is 0 Å². The molecule has 0 atom stereocenters. The van der Waals surface area contributed by atoms with Crippen molar-refractivity contribution in [1.82, 2.24) is 24.5 Å². The SMILES string of the molecule is CCN(C1CCN(C)CC1)C1CN(C(=O)c2cc(C)n(C)n2)C1. The van der Waals surface area contributed by atoms with Crippen LogP contribution in [0, 0.1) is 6.92 Å². The van der Waals surface area contributed by atoms with Crippen LogP contribution in [0.15, 0.2) is 6.07 Å². The van der Waals surface area contributed by atoms with Crippen LogP contribution >= 0.6 is 0 Å². The van der Waals surface area contributed by atoms with Crippen LogP contribution in [0.1, 0.15) is 35.9 Å². The van der Waals surface area contributed by atoms with Gasteiger partial charge in [0, 0.05) is 37.9 Å². The molecule has 2 aliphatic rings. The molecule has 6 heteroatoms. The van der Waals surface area contributed by atoms with E-state index >= 15 is 0 Å². The van der Waals surface area contributed by atoms with E-state index in [4.69, 9.17) is 0 Å². The molecule has 2 aliphatic heterocycles. The average Bonchev–Trinajstić information content (AvgIpc) is 2.83. The largest absolute Gasteiger partial charge is 0.334 e. The molecular formula is C17H29N5O. The molecule has 128 valence electrons. The van der Waals surface area contributed by atoms with Crippen LogP contribution in [0.2, 0.25) is 0 Å². The Balaban J connectivity index is 1.55. The van der Waals surface area contributed by atoms with Gasteiger partial charge < -0.3 is 9.80 Å². The Morgan fingerprint density at radius 1 is 1.26 bits per heavy atom. The maximum atomic E-state index is 12.5. The fraction of sp³-hybridized carbons (Fsp3) is 0.765. The van der Waals surface area contributed by atoms with Gasteiger partial charge in [-0.15, -0.1) is 0 Å². The number of aryl methyl sites for hydroxylation is 2. The van der Waals surface area contributed by atoms with Crippen LogP contribution in [0.3, 0.4) is 0 Å². The molecule has 1 amide bonds. The van der Waals surface area contributed by atoms with Crippen LogP contribution in [-0.2, 0) is 7.05 Å². The Bertz CT molecular complexity index is 536. The number of amides is 1. The van der Waals surface area contributed by atoms with Crippen molar-refractivity contribution in [3.8, 4) is 0 Å². The first-order valence-electron chi connectivity index (χ1n) is 8.73. The monoisotopic (exact) mass is 319 g/mol. The van der Waals surface area contributed by atoms with Gasteiger partial charge in [-0.3, -0.25) is 14.4 Å². The molecule has 2 fully saturated rings. The van der Waals surface area contributed by atoms with Gasteiger partial charge in [0.05, 0.1) is 0 Å². The van der Waals surface area contributed by atoms with Gasteiger partial charge in [-0.05, 0) is 52.5 Å². The quantitative estimate of drug-likeness (QED) is 0.829. The number of hydrogen-bond acceptors (Lipinski definition) is 4. The third-order valence-corrected chi connectivity index (χ3v) is 5.47. The van der Waals surface area contributed by atoms with E-state index < -0.39 is 0 Å². The molecule has 3 rings (SSSR count). The number of likely N-dealkylation sites (tertiary alicyclic amines) is 2. The summed E-state index contributed by atoms with van der Waals surface area (Å²) in [6.07, 6.45) is 2.49. The third kappa shape index (κ3) is 3.28. The summed E-state index contributed by atoms with van der Waals surface area (Å²) in [4.78, 5) is 19.4. The molecule has 2 saturated heterocycles. The number of aromatic nitrogens is 2. The molecule has 23 heavy (non-hydrogen) atoms. The van der Waals surface area contributed by atoms with E-state index in [2.05, 4.69) is 28.9 Å². The maximum Gasteiger partial charge on any atom is 0.274 e. The first-order valence-corrected chi connectivity index (χ1v) is 8.73. The molecule has 6 nitrogen and oxygen atoms in total. The predicted molar refractivity (Wildman–Crippen MR) is 90.5 cm³/mol. The number of piperidine rings is 1. The Hall–Kier alpha value is -1.40. The van der Waals surface area contributed by atoms with E-state index in [9.17, 15) is 4.79 Å². The molecule has 0 aliphatic carbocycles. The van der Waals surface area contributed by atoms with Gasteiger partial charge in [-0.1, -0.05) is 6.92 Å². The molecular weight excluding hydrogens is 290 g/mol. The third-order valence-electron chi connectivity index (χ3n) is 5.47. The minimum atomic E-state index is 0.0735. The summed E-state index contributed by atoms with van der Waals surface area (Å²) in [7, 11) is 4.08. The highest BCUT2D eigenvalue weighted by molar-refractivity contribution is 5.93. The van der Waals surface area contributed by atoms with Gasteiger partial charge in [0.15, 0.2) is 5.69 Å². The molecule has 1 aromatic rings.